The molecule has 6 nitrogen and oxygen atoms in total. The van der Waals surface area contributed by atoms with Crippen LogP contribution in [0.4, 0.5) is 0 Å². The lowest BCUT2D eigenvalue weighted by Gasteiger charge is -2.18. The first kappa shape index (κ1) is 51.4. The van der Waals surface area contributed by atoms with E-state index in [0.717, 1.165) is 63.2 Å². The number of esters is 2. The molecule has 6 heteroatoms. The van der Waals surface area contributed by atoms with Crippen molar-refractivity contribution >= 4 is 17.8 Å². The van der Waals surface area contributed by atoms with Gasteiger partial charge in [0.2, 0.25) is 5.91 Å². The second kappa shape index (κ2) is 40.1. The molecule has 0 bridgehead atoms. The van der Waals surface area contributed by atoms with Crippen molar-refractivity contribution in [2.45, 2.75) is 259 Å². The number of hydrogen-bond donors (Lipinski definition) is 1. The van der Waals surface area contributed by atoms with Crippen molar-refractivity contribution in [3.05, 3.63) is 0 Å². The maximum atomic E-state index is 13.0. The van der Waals surface area contributed by atoms with E-state index in [4.69, 9.17) is 9.47 Å². The molecule has 0 aromatic carbocycles. The highest BCUT2D eigenvalue weighted by Crippen LogP contribution is 2.16. The molecule has 1 N–H and O–H groups in total. The number of unbranched alkanes of at least 4 members (excludes halogenated alkanes) is 26. The standard InChI is InChI=1S/C47H91NO5/c1-6-7-8-9-10-11-12-13-14-15-22-27-32-37-45(49)48-44(47(51)53-41-34-29-24-19-17-21-26-31-36-43(4)5)38-39-46(50)52-40-33-28-23-18-16-20-25-30-35-42(2)3/h42-44H,6-41H2,1-5H3,(H,48,49)/t44-/m0/s1. The van der Waals surface area contributed by atoms with Crippen molar-refractivity contribution in [1.82, 2.24) is 5.32 Å². The number of amides is 1. The molecule has 0 rings (SSSR count). The summed E-state index contributed by atoms with van der Waals surface area (Å²) >= 11 is 0. The van der Waals surface area contributed by atoms with E-state index in [1.807, 2.05) is 0 Å². The molecule has 0 spiro atoms. The molecule has 0 aliphatic carbocycles. The van der Waals surface area contributed by atoms with Crippen LogP contribution in [-0.2, 0) is 23.9 Å². The summed E-state index contributed by atoms with van der Waals surface area (Å²) in [4.78, 5) is 38.4. The normalized spacial score (nSPS) is 12.1. The second-order valence-electron chi connectivity index (χ2n) is 17.1. The molecule has 0 fully saturated rings. The monoisotopic (exact) mass is 750 g/mol. The van der Waals surface area contributed by atoms with Gasteiger partial charge in [-0.3, -0.25) is 9.59 Å². The molecule has 0 aromatic heterocycles. The zero-order valence-electron chi connectivity index (χ0n) is 36.2. The van der Waals surface area contributed by atoms with Gasteiger partial charge >= 0.3 is 11.9 Å². The highest BCUT2D eigenvalue weighted by atomic mass is 16.5. The van der Waals surface area contributed by atoms with Gasteiger partial charge in [-0.2, -0.15) is 0 Å². The summed E-state index contributed by atoms with van der Waals surface area (Å²) in [5.41, 5.74) is 0. The Labute approximate surface area is 330 Å². The molecule has 1 amide bonds. The third-order valence-corrected chi connectivity index (χ3v) is 10.6. The molecule has 0 aromatic rings. The maximum absolute atomic E-state index is 13.0. The number of hydrogen-bond acceptors (Lipinski definition) is 5. The number of carbonyl (C=O) groups excluding carboxylic acids is 3. The third-order valence-electron chi connectivity index (χ3n) is 10.6. The van der Waals surface area contributed by atoms with Crippen molar-refractivity contribution in [1.29, 1.82) is 0 Å². The zero-order chi connectivity index (χ0) is 39.0. The lowest BCUT2D eigenvalue weighted by Crippen LogP contribution is -2.42. The maximum Gasteiger partial charge on any atom is 0.328 e. The molecular formula is C47H91NO5. The van der Waals surface area contributed by atoms with Crippen molar-refractivity contribution in [3.8, 4) is 0 Å². The molecule has 53 heavy (non-hydrogen) atoms. The van der Waals surface area contributed by atoms with Crippen molar-refractivity contribution in [2.24, 2.45) is 11.8 Å². The van der Waals surface area contributed by atoms with Gasteiger partial charge in [0.1, 0.15) is 6.04 Å². The van der Waals surface area contributed by atoms with E-state index in [1.54, 1.807) is 0 Å². The van der Waals surface area contributed by atoms with E-state index in [2.05, 4.69) is 39.9 Å². The zero-order valence-corrected chi connectivity index (χ0v) is 36.2. The van der Waals surface area contributed by atoms with E-state index in [1.165, 1.54) is 148 Å². The van der Waals surface area contributed by atoms with Crippen LogP contribution in [0.1, 0.15) is 253 Å². The van der Waals surface area contributed by atoms with Crippen LogP contribution in [0, 0.1) is 11.8 Å². The predicted molar refractivity (Wildman–Crippen MR) is 226 cm³/mol. The first-order valence-corrected chi connectivity index (χ1v) is 23.4. The fourth-order valence-electron chi connectivity index (χ4n) is 7.04. The van der Waals surface area contributed by atoms with E-state index in [-0.39, 0.29) is 24.7 Å². The fraction of sp³-hybridized carbons (Fsp3) is 0.936. The molecule has 0 radical (unpaired) electrons. The van der Waals surface area contributed by atoms with Crippen molar-refractivity contribution in [2.75, 3.05) is 13.2 Å². The van der Waals surface area contributed by atoms with Gasteiger partial charge in [0.15, 0.2) is 0 Å². The SMILES string of the molecule is CCCCCCCCCCCCCCCC(=O)N[C@@H](CCC(=O)OCCCCCCCCCCC(C)C)C(=O)OCCCCCCCCCCC(C)C. The number of nitrogens with one attached hydrogen (secondary N) is 1. The number of rotatable bonds is 41. The topological polar surface area (TPSA) is 81.7 Å². The van der Waals surface area contributed by atoms with Crippen LogP contribution in [0.25, 0.3) is 0 Å². The quantitative estimate of drug-likeness (QED) is 0.0497. The Balaban J connectivity index is 4.35. The Morgan fingerprint density at radius 2 is 0.774 bits per heavy atom. The summed E-state index contributed by atoms with van der Waals surface area (Å²) in [6, 6.07) is -0.802. The molecule has 0 aliphatic heterocycles. The molecule has 0 saturated heterocycles. The average Bonchev–Trinajstić information content (AvgIpc) is 3.12. The average molecular weight is 750 g/mol. The predicted octanol–water partition coefficient (Wildman–Crippen LogP) is 14.2. The van der Waals surface area contributed by atoms with Gasteiger partial charge in [-0.15, -0.1) is 0 Å². The van der Waals surface area contributed by atoms with Crippen LogP contribution in [0.15, 0.2) is 0 Å². The fourth-order valence-corrected chi connectivity index (χ4v) is 7.04. The van der Waals surface area contributed by atoms with Gasteiger partial charge in [-0.1, -0.05) is 214 Å². The smallest absolute Gasteiger partial charge is 0.328 e. The molecule has 0 saturated carbocycles. The minimum atomic E-state index is -0.802. The van der Waals surface area contributed by atoms with Gasteiger partial charge in [0, 0.05) is 12.8 Å². The second-order valence-corrected chi connectivity index (χ2v) is 17.1. The summed E-state index contributed by atoms with van der Waals surface area (Å²) in [6.07, 6.45) is 38.9. The summed E-state index contributed by atoms with van der Waals surface area (Å²) in [7, 11) is 0. The summed E-state index contributed by atoms with van der Waals surface area (Å²) in [5, 5.41) is 2.90. The van der Waals surface area contributed by atoms with Crippen LogP contribution in [0.5, 0.6) is 0 Å². The number of carbonyl (C=O) groups is 3. The summed E-state index contributed by atoms with van der Waals surface area (Å²) in [5.74, 6) is 0.746. The Hall–Kier alpha value is -1.59. The largest absolute Gasteiger partial charge is 0.466 e. The van der Waals surface area contributed by atoms with Crippen molar-refractivity contribution < 1.29 is 23.9 Å². The highest BCUT2D eigenvalue weighted by molar-refractivity contribution is 5.85. The van der Waals surface area contributed by atoms with Crippen LogP contribution in [-0.4, -0.2) is 37.1 Å². The minimum Gasteiger partial charge on any atom is -0.466 e. The van der Waals surface area contributed by atoms with Crippen LogP contribution >= 0.6 is 0 Å². The van der Waals surface area contributed by atoms with Crippen molar-refractivity contribution in [3.63, 3.8) is 0 Å². The summed E-state index contributed by atoms with van der Waals surface area (Å²) < 4.78 is 11.1. The van der Waals surface area contributed by atoms with Gasteiger partial charge in [-0.05, 0) is 37.5 Å². The molecule has 0 unspecified atom stereocenters. The van der Waals surface area contributed by atoms with Gasteiger partial charge in [-0.25, -0.2) is 4.79 Å². The van der Waals surface area contributed by atoms with Crippen LogP contribution < -0.4 is 5.32 Å². The Bertz CT molecular complexity index is 813. The van der Waals surface area contributed by atoms with E-state index in [0.29, 0.717) is 19.6 Å². The molecule has 1 atom stereocenters. The molecule has 0 aliphatic rings. The van der Waals surface area contributed by atoms with Crippen LogP contribution in [0.2, 0.25) is 0 Å². The molecular weight excluding hydrogens is 659 g/mol. The summed E-state index contributed by atoms with van der Waals surface area (Å²) in [6.45, 7) is 12.2. The first-order chi connectivity index (χ1) is 25.8. The molecule has 314 valence electrons. The minimum absolute atomic E-state index is 0.104. The highest BCUT2D eigenvalue weighted by Gasteiger charge is 2.23. The van der Waals surface area contributed by atoms with Gasteiger partial charge in [0.25, 0.3) is 0 Å². The van der Waals surface area contributed by atoms with Gasteiger partial charge in [0.05, 0.1) is 13.2 Å². The van der Waals surface area contributed by atoms with Crippen LogP contribution in [0.3, 0.4) is 0 Å². The van der Waals surface area contributed by atoms with E-state index in [9.17, 15) is 14.4 Å². The lowest BCUT2D eigenvalue weighted by molar-refractivity contribution is -0.149. The Morgan fingerprint density at radius 1 is 0.415 bits per heavy atom. The number of ether oxygens (including phenoxy) is 2. The van der Waals surface area contributed by atoms with E-state index < -0.39 is 12.0 Å². The van der Waals surface area contributed by atoms with E-state index >= 15 is 0 Å². The Morgan fingerprint density at radius 3 is 1.19 bits per heavy atom. The lowest BCUT2D eigenvalue weighted by atomic mass is 10.0. The molecule has 0 heterocycles. The third kappa shape index (κ3) is 39.9. The Kier molecular flexibility index (Phi) is 38.9. The van der Waals surface area contributed by atoms with Gasteiger partial charge < -0.3 is 14.8 Å². The first-order valence-electron chi connectivity index (χ1n) is 23.4.